The first kappa shape index (κ1) is 28.3. The molecule has 4 nitrogen and oxygen atoms in total. The molecule has 11 rings (SSSR count). The van der Waals surface area contributed by atoms with Crippen LogP contribution in [0, 0.1) is 0 Å². The minimum atomic E-state index is -0.264. The Kier molecular flexibility index (Phi) is 5.70. The fourth-order valence-electron chi connectivity index (χ4n) is 8.83. The molecule has 0 saturated heterocycles. The van der Waals surface area contributed by atoms with Crippen molar-refractivity contribution in [1.82, 2.24) is 14.5 Å². The molecule has 0 N–H and O–H groups in total. The summed E-state index contributed by atoms with van der Waals surface area (Å²) < 4.78 is 8.79. The van der Waals surface area contributed by atoms with Gasteiger partial charge in [0, 0.05) is 49.2 Å². The molecule has 3 heterocycles. The van der Waals surface area contributed by atoms with Gasteiger partial charge in [0.15, 0.2) is 5.82 Å². The van der Waals surface area contributed by atoms with E-state index in [-0.39, 0.29) is 5.41 Å². The molecule has 0 saturated carbocycles. The van der Waals surface area contributed by atoms with Crippen LogP contribution >= 0.6 is 0 Å². The van der Waals surface area contributed by atoms with Crippen LogP contribution < -0.4 is 0 Å². The summed E-state index contributed by atoms with van der Waals surface area (Å²) in [5.41, 5.74) is 14.3. The molecule has 4 heteroatoms. The molecule has 3 aromatic heterocycles. The van der Waals surface area contributed by atoms with E-state index in [2.05, 4.69) is 152 Å². The third-order valence-electron chi connectivity index (χ3n) is 10.9. The zero-order chi connectivity index (χ0) is 33.8. The van der Waals surface area contributed by atoms with Crippen molar-refractivity contribution >= 4 is 54.6 Å². The van der Waals surface area contributed by atoms with Crippen molar-refractivity contribution in [2.75, 3.05) is 0 Å². The summed E-state index contributed by atoms with van der Waals surface area (Å²) in [6, 6.07) is 53.6. The van der Waals surface area contributed by atoms with E-state index in [9.17, 15) is 0 Å². The molecule has 0 amide bonds. The van der Waals surface area contributed by atoms with Crippen molar-refractivity contribution in [3.8, 4) is 39.5 Å². The van der Waals surface area contributed by atoms with Crippen LogP contribution in [0.2, 0.25) is 0 Å². The summed E-state index contributed by atoms with van der Waals surface area (Å²) in [6.07, 6.45) is 0. The van der Waals surface area contributed by atoms with Gasteiger partial charge < -0.3 is 8.98 Å². The monoisotopic (exact) mass is 653 g/mol. The van der Waals surface area contributed by atoms with E-state index in [0.29, 0.717) is 5.82 Å². The fraction of sp³-hybridized carbons (Fsp3) is 0.0638. The molecule has 1 aliphatic carbocycles. The van der Waals surface area contributed by atoms with Crippen molar-refractivity contribution in [2.45, 2.75) is 19.3 Å². The van der Waals surface area contributed by atoms with Gasteiger partial charge in [0.1, 0.15) is 11.2 Å². The number of para-hydroxylation sites is 3. The molecule has 10 aromatic rings. The van der Waals surface area contributed by atoms with E-state index < -0.39 is 0 Å². The van der Waals surface area contributed by atoms with E-state index in [1.807, 2.05) is 18.2 Å². The van der Waals surface area contributed by atoms with Gasteiger partial charge in [-0.15, -0.1) is 0 Å². The molecule has 7 aromatic carbocycles. The Morgan fingerprint density at radius 2 is 1.20 bits per heavy atom. The standard InChI is InChI=1S/C47H31N3O/c1-47(2)43-31(32-24-26-40-42(44(32)47)35-19-8-11-22-39(35)51-40)23-25-38-41(43)34-18-7-10-21-37(34)50(38)30-16-12-15-29(27-30)46-48-36-20-9-6-17-33(36)45(49-46)28-13-4-3-5-14-28/h3-27H,1-2H3. The number of benzene rings is 7. The van der Waals surface area contributed by atoms with E-state index in [1.54, 1.807) is 0 Å². The molecule has 0 spiro atoms. The van der Waals surface area contributed by atoms with Gasteiger partial charge in [-0.1, -0.05) is 123 Å². The van der Waals surface area contributed by atoms with Crippen molar-refractivity contribution in [1.29, 1.82) is 0 Å². The highest BCUT2D eigenvalue weighted by Crippen LogP contribution is 2.56. The second-order valence-electron chi connectivity index (χ2n) is 14.1. The molecular weight excluding hydrogens is 623 g/mol. The van der Waals surface area contributed by atoms with Gasteiger partial charge in [0.25, 0.3) is 0 Å². The Labute approximate surface area is 294 Å². The lowest BCUT2D eigenvalue weighted by Crippen LogP contribution is -2.16. The smallest absolute Gasteiger partial charge is 0.160 e. The summed E-state index contributed by atoms with van der Waals surface area (Å²) >= 11 is 0. The number of hydrogen-bond donors (Lipinski definition) is 0. The first-order valence-electron chi connectivity index (χ1n) is 17.5. The van der Waals surface area contributed by atoms with Crippen LogP contribution in [0.15, 0.2) is 156 Å². The Morgan fingerprint density at radius 1 is 0.510 bits per heavy atom. The molecule has 0 atom stereocenters. The van der Waals surface area contributed by atoms with E-state index in [1.165, 1.54) is 54.8 Å². The maximum Gasteiger partial charge on any atom is 0.160 e. The van der Waals surface area contributed by atoms with Crippen molar-refractivity contribution < 1.29 is 4.42 Å². The van der Waals surface area contributed by atoms with Crippen LogP contribution in [0.25, 0.3) is 94.1 Å². The maximum absolute atomic E-state index is 6.38. The molecule has 0 radical (unpaired) electrons. The first-order valence-corrected chi connectivity index (χ1v) is 17.5. The van der Waals surface area contributed by atoms with Crippen LogP contribution in [0.5, 0.6) is 0 Å². The maximum atomic E-state index is 6.38. The third kappa shape index (κ3) is 3.90. The van der Waals surface area contributed by atoms with Crippen LogP contribution in [-0.2, 0) is 5.41 Å². The van der Waals surface area contributed by atoms with Gasteiger partial charge in [-0.05, 0) is 64.7 Å². The molecular formula is C47H31N3O. The zero-order valence-electron chi connectivity index (χ0n) is 28.2. The van der Waals surface area contributed by atoms with Gasteiger partial charge >= 0.3 is 0 Å². The second kappa shape index (κ2) is 10.3. The number of rotatable bonds is 3. The highest BCUT2D eigenvalue weighted by atomic mass is 16.3. The van der Waals surface area contributed by atoms with Crippen LogP contribution in [0.4, 0.5) is 0 Å². The average Bonchev–Trinajstić information content (AvgIpc) is 3.80. The van der Waals surface area contributed by atoms with Crippen molar-refractivity contribution in [3.63, 3.8) is 0 Å². The lowest BCUT2D eigenvalue weighted by Gasteiger charge is -2.23. The van der Waals surface area contributed by atoms with E-state index in [4.69, 9.17) is 14.4 Å². The van der Waals surface area contributed by atoms with Crippen LogP contribution in [0.3, 0.4) is 0 Å². The first-order chi connectivity index (χ1) is 25.1. The highest BCUT2D eigenvalue weighted by Gasteiger charge is 2.40. The molecule has 0 fully saturated rings. The molecule has 240 valence electrons. The predicted octanol–water partition coefficient (Wildman–Crippen LogP) is 12.3. The Morgan fingerprint density at radius 3 is 2.06 bits per heavy atom. The summed E-state index contributed by atoms with van der Waals surface area (Å²) in [5, 5.41) is 5.98. The van der Waals surface area contributed by atoms with Gasteiger partial charge in [-0.2, -0.15) is 0 Å². The Balaban J connectivity index is 1.14. The average molecular weight is 654 g/mol. The summed E-state index contributed by atoms with van der Waals surface area (Å²) in [5.74, 6) is 0.712. The minimum Gasteiger partial charge on any atom is -0.456 e. The molecule has 51 heavy (non-hydrogen) atoms. The number of fused-ring (bicyclic) bond motifs is 12. The van der Waals surface area contributed by atoms with Gasteiger partial charge in [-0.3, -0.25) is 0 Å². The predicted molar refractivity (Wildman–Crippen MR) is 210 cm³/mol. The number of hydrogen-bond acceptors (Lipinski definition) is 3. The molecule has 0 aliphatic heterocycles. The van der Waals surface area contributed by atoms with E-state index in [0.717, 1.165) is 44.6 Å². The quantitative estimate of drug-likeness (QED) is 0.191. The summed E-state index contributed by atoms with van der Waals surface area (Å²) in [6.45, 7) is 4.76. The van der Waals surface area contributed by atoms with Crippen LogP contribution in [-0.4, -0.2) is 14.5 Å². The highest BCUT2D eigenvalue weighted by molar-refractivity contribution is 6.17. The van der Waals surface area contributed by atoms with Gasteiger partial charge in [0.05, 0.1) is 22.2 Å². The Bertz CT molecular complexity index is 3060. The van der Waals surface area contributed by atoms with Gasteiger partial charge in [-0.25, -0.2) is 9.97 Å². The largest absolute Gasteiger partial charge is 0.456 e. The van der Waals surface area contributed by atoms with Crippen molar-refractivity contribution in [3.05, 3.63) is 163 Å². The summed E-state index contributed by atoms with van der Waals surface area (Å²) in [4.78, 5) is 10.3. The lowest BCUT2D eigenvalue weighted by atomic mass is 9.79. The van der Waals surface area contributed by atoms with Crippen molar-refractivity contribution in [2.24, 2.45) is 0 Å². The van der Waals surface area contributed by atoms with Crippen LogP contribution in [0.1, 0.15) is 25.0 Å². The third-order valence-corrected chi connectivity index (χ3v) is 10.9. The number of aromatic nitrogens is 3. The Hall–Kier alpha value is -6.52. The lowest BCUT2D eigenvalue weighted by molar-refractivity contribution is 0.660. The topological polar surface area (TPSA) is 43.9 Å². The summed E-state index contributed by atoms with van der Waals surface area (Å²) in [7, 11) is 0. The molecule has 0 bridgehead atoms. The second-order valence-corrected chi connectivity index (χ2v) is 14.1. The zero-order valence-corrected chi connectivity index (χ0v) is 28.2. The number of nitrogens with zero attached hydrogens (tertiary/aromatic N) is 3. The van der Waals surface area contributed by atoms with Gasteiger partial charge in [0.2, 0.25) is 0 Å². The minimum absolute atomic E-state index is 0.264. The molecule has 0 unspecified atom stereocenters. The SMILES string of the molecule is CC1(C)c2c(ccc3oc4ccccc4c23)-c2ccc3c(c21)c1ccccc1n3-c1cccc(-c2nc(-c3ccccc3)c3ccccc3n2)c1. The normalized spacial score (nSPS) is 13.5. The molecule has 1 aliphatic rings. The fourth-order valence-corrected chi connectivity index (χ4v) is 8.83. The number of furan rings is 1. The van der Waals surface area contributed by atoms with E-state index >= 15 is 0 Å².